The highest BCUT2D eigenvalue weighted by molar-refractivity contribution is 7.13. The van der Waals surface area contributed by atoms with Crippen molar-refractivity contribution < 1.29 is 9.90 Å². The van der Waals surface area contributed by atoms with E-state index in [0.717, 1.165) is 11.3 Å². The van der Waals surface area contributed by atoms with E-state index >= 15 is 0 Å². The zero-order chi connectivity index (χ0) is 19.3. The predicted octanol–water partition coefficient (Wildman–Crippen LogP) is 2.03. The number of nitrogens with zero attached hydrogens (tertiary/aromatic N) is 4. The number of primary amides is 1. The molecule has 1 aliphatic carbocycles. The molecule has 27 heavy (non-hydrogen) atoms. The Labute approximate surface area is 158 Å². The van der Waals surface area contributed by atoms with Crippen molar-refractivity contribution >= 4 is 39.9 Å². The van der Waals surface area contributed by atoms with Gasteiger partial charge in [-0.15, -0.1) is 11.3 Å². The van der Waals surface area contributed by atoms with Gasteiger partial charge < -0.3 is 16.6 Å². The summed E-state index contributed by atoms with van der Waals surface area (Å²) >= 11 is 1.42. The van der Waals surface area contributed by atoms with Gasteiger partial charge in [0, 0.05) is 23.2 Å². The normalized spacial score (nSPS) is 19.8. The van der Waals surface area contributed by atoms with Crippen molar-refractivity contribution in [3.8, 4) is 10.7 Å². The smallest absolute Gasteiger partial charge is 0.254 e. The van der Waals surface area contributed by atoms with Crippen molar-refractivity contribution in [2.24, 2.45) is 11.7 Å². The number of fused-ring (bicyclic) bond motifs is 1. The van der Waals surface area contributed by atoms with Crippen molar-refractivity contribution in [3.05, 3.63) is 41.1 Å². The number of anilines is 1. The molecule has 0 aliphatic heterocycles. The lowest BCUT2D eigenvalue weighted by Gasteiger charge is -2.27. The van der Waals surface area contributed by atoms with Crippen LogP contribution in [-0.4, -0.2) is 36.6 Å². The third-order valence-electron chi connectivity index (χ3n) is 4.73. The molecule has 5 N–H and O–H groups in total. The molecule has 1 amide bonds. The van der Waals surface area contributed by atoms with Crippen LogP contribution >= 0.6 is 11.3 Å². The number of allylic oxidation sites excluding steroid dienone is 2. The van der Waals surface area contributed by atoms with Crippen molar-refractivity contribution in [2.45, 2.75) is 20.0 Å². The minimum absolute atomic E-state index is 0.118. The minimum atomic E-state index is -0.681. The molecule has 138 valence electrons. The van der Waals surface area contributed by atoms with Gasteiger partial charge in [0.2, 0.25) is 0 Å². The fourth-order valence-corrected chi connectivity index (χ4v) is 3.99. The summed E-state index contributed by atoms with van der Waals surface area (Å²) in [6, 6.07) is 0. The Balaban J connectivity index is 2.04. The molecule has 3 aromatic heterocycles. The Morgan fingerprint density at radius 2 is 2.15 bits per heavy atom. The number of carbonyl (C=O) groups is 1. The number of aliphatic hydroxyl groups is 1. The lowest BCUT2D eigenvalue weighted by atomic mass is 9.91. The molecule has 3 heterocycles. The van der Waals surface area contributed by atoms with E-state index < -0.39 is 12.0 Å². The average Bonchev–Trinajstić information content (AvgIpc) is 3.25. The van der Waals surface area contributed by atoms with Gasteiger partial charge in [-0.1, -0.05) is 19.1 Å². The SMILES string of the molecule is CC1=C(n2c(N)c(C(N)=O)c3nc(-c4nccs4)cnc32)[C@@H](C)[C@H](O)C=C1. The molecule has 0 radical (unpaired) electrons. The Hall–Kier alpha value is -3.04. The third kappa shape index (κ3) is 2.63. The van der Waals surface area contributed by atoms with Crippen LogP contribution in [0.15, 0.2) is 35.5 Å². The van der Waals surface area contributed by atoms with Crippen molar-refractivity contribution in [1.29, 1.82) is 0 Å². The molecule has 3 aromatic rings. The second kappa shape index (κ2) is 6.29. The first-order valence-corrected chi connectivity index (χ1v) is 9.22. The minimum Gasteiger partial charge on any atom is -0.388 e. The zero-order valence-electron chi connectivity index (χ0n) is 14.7. The fourth-order valence-electron chi connectivity index (χ4n) is 3.40. The highest BCUT2D eigenvalue weighted by atomic mass is 32.1. The Morgan fingerprint density at radius 1 is 1.37 bits per heavy atom. The van der Waals surface area contributed by atoms with Crippen LogP contribution in [0.25, 0.3) is 27.6 Å². The number of nitrogens with two attached hydrogens (primary N) is 2. The van der Waals surface area contributed by atoms with E-state index in [-0.39, 0.29) is 17.3 Å². The largest absolute Gasteiger partial charge is 0.388 e. The van der Waals surface area contributed by atoms with E-state index in [1.165, 1.54) is 11.3 Å². The van der Waals surface area contributed by atoms with Crippen molar-refractivity contribution in [1.82, 2.24) is 19.5 Å². The molecule has 8 nitrogen and oxygen atoms in total. The van der Waals surface area contributed by atoms with E-state index in [0.29, 0.717) is 21.9 Å². The molecule has 0 spiro atoms. The number of rotatable bonds is 3. The van der Waals surface area contributed by atoms with Crippen LogP contribution in [0, 0.1) is 5.92 Å². The summed E-state index contributed by atoms with van der Waals surface area (Å²) in [6.07, 6.45) is 6.16. The van der Waals surface area contributed by atoms with Gasteiger partial charge in [-0.3, -0.25) is 9.36 Å². The lowest BCUT2D eigenvalue weighted by molar-refractivity contribution is 0.100. The first-order valence-electron chi connectivity index (χ1n) is 8.34. The Kier molecular flexibility index (Phi) is 4.05. The quantitative estimate of drug-likeness (QED) is 0.635. The van der Waals surface area contributed by atoms with Gasteiger partial charge in [-0.2, -0.15) is 0 Å². The molecular formula is C18H18N6O2S. The maximum atomic E-state index is 12.1. The van der Waals surface area contributed by atoms with Gasteiger partial charge in [-0.05, 0) is 12.5 Å². The number of thiazole rings is 1. The summed E-state index contributed by atoms with van der Waals surface area (Å²) < 4.78 is 1.67. The summed E-state index contributed by atoms with van der Waals surface area (Å²) in [5.74, 6) is -0.758. The summed E-state index contributed by atoms with van der Waals surface area (Å²) in [5, 5.41) is 12.8. The topological polar surface area (TPSA) is 133 Å². The second-order valence-corrected chi connectivity index (χ2v) is 7.33. The van der Waals surface area contributed by atoms with Gasteiger partial charge in [0.05, 0.1) is 12.3 Å². The standard InChI is InChI=1S/C18H18N6O2S/c1-8-3-4-11(25)9(2)14(8)24-15(19)12(16(20)26)13-17(24)22-7-10(23-13)18-21-5-6-27-18/h3-7,9,11,25H,19H2,1-2H3,(H2,20,26)/t9-,11+/m0/s1. The van der Waals surface area contributed by atoms with Crippen molar-refractivity contribution in [3.63, 3.8) is 0 Å². The second-order valence-electron chi connectivity index (χ2n) is 6.43. The van der Waals surface area contributed by atoms with E-state index in [1.807, 2.05) is 25.3 Å². The summed E-state index contributed by atoms with van der Waals surface area (Å²) in [7, 11) is 0. The van der Waals surface area contributed by atoms with E-state index in [1.54, 1.807) is 23.0 Å². The van der Waals surface area contributed by atoms with Crippen LogP contribution in [0.5, 0.6) is 0 Å². The van der Waals surface area contributed by atoms with Gasteiger partial charge in [0.15, 0.2) is 5.65 Å². The fraction of sp³-hybridized carbons (Fsp3) is 0.222. The first-order chi connectivity index (χ1) is 12.9. The number of nitrogen functional groups attached to an aromatic ring is 1. The third-order valence-corrected chi connectivity index (χ3v) is 5.52. The molecular weight excluding hydrogens is 364 g/mol. The van der Waals surface area contributed by atoms with Gasteiger partial charge in [0.25, 0.3) is 5.91 Å². The monoisotopic (exact) mass is 382 g/mol. The highest BCUT2D eigenvalue weighted by Gasteiger charge is 2.30. The van der Waals surface area contributed by atoms with Gasteiger partial charge in [0.1, 0.15) is 27.6 Å². The summed E-state index contributed by atoms with van der Waals surface area (Å²) in [6.45, 7) is 3.81. The molecule has 0 unspecified atom stereocenters. The van der Waals surface area contributed by atoms with Gasteiger partial charge >= 0.3 is 0 Å². The lowest BCUT2D eigenvalue weighted by Crippen LogP contribution is -2.24. The van der Waals surface area contributed by atoms with Crippen LogP contribution in [0.4, 0.5) is 5.82 Å². The molecule has 0 saturated carbocycles. The van der Waals surface area contributed by atoms with Crippen LogP contribution in [0.3, 0.4) is 0 Å². The molecule has 0 saturated heterocycles. The Morgan fingerprint density at radius 3 is 2.81 bits per heavy atom. The van der Waals surface area contributed by atoms with Gasteiger partial charge in [-0.25, -0.2) is 15.0 Å². The number of hydrogen-bond donors (Lipinski definition) is 3. The van der Waals surface area contributed by atoms with E-state index in [9.17, 15) is 9.90 Å². The molecule has 0 fully saturated rings. The maximum Gasteiger partial charge on any atom is 0.254 e. The molecule has 2 atom stereocenters. The first kappa shape index (κ1) is 17.4. The molecule has 0 aromatic carbocycles. The molecule has 1 aliphatic rings. The number of hydrogen-bond acceptors (Lipinski definition) is 7. The van der Waals surface area contributed by atoms with E-state index in [4.69, 9.17) is 11.5 Å². The highest BCUT2D eigenvalue weighted by Crippen LogP contribution is 2.37. The number of aliphatic hydroxyl groups excluding tert-OH is 1. The number of aromatic nitrogens is 4. The Bertz CT molecular complexity index is 1110. The average molecular weight is 382 g/mol. The number of amides is 1. The maximum absolute atomic E-state index is 12.1. The molecule has 4 rings (SSSR count). The summed E-state index contributed by atoms with van der Waals surface area (Å²) in [4.78, 5) is 25.4. The summed E-state index contributed by atoms with van der Waals surface area (Å²) in [5.41, 5.74) is 15.0. The van der Waals surface area contributed by atoms with Crippen LogP contribution in [0.2, 0.25) is 0 Å². The van der Waals surface area contributed by atoms with Crippen LogP contribution in [-0.2, 0) is 0 Å². The van der Waals surface area contributed by atoms with Crippen LogP contribution in [0.1, 0.15) is 24.2 Å². The van der Waals surface area contributed by atoms with Crippen molar-refractivity contribution in [2.75, 3.05) is 5.73 Å². The van der Waals surface area contributed by atoms with Crippen LogP contribution < -0.4 is 11.5 Å². The molecule has 9 heteroatoms. The zero-order valence-corrected chi connectivity index (χ0v) is 15.6. The molecule has 0 bridgehead atoms. The predicted molar refractivity (Wildman–Crippen MR) is 105 cm³/mol. The van der Waals surface area contributed by atoms with E-state index in [2.05, 4.69) is 15.0 Å². The number of carbonyl (C=O) groups excluding carboxylic acids is 1.